The third-order valence-electron chi connectivity index (χ3n) is 3.01. The van der Waals surface area contributed by atoms with E-state index in [0.29, 0.717) is 13.2 Å². The second-order valence-corrected chi connectivity index (χ2v) is 4.45. The van der Waals surface area contributed by atoms with Crippen LogP contribution in [-0.4, -0.2) is 23.4 Å². The van der Waals surface area contributed by atoms with Crippen molar-refractivity contribution >= 4 is 0 Å². The maximum atomic E-state index is 8.60. The van der Waals surface area contributed by atoms with E-state index in [1.165, 1.54) is 38.5 Å². The first-order valence-electron chi connectivity index (χ1n) is 6.56. The summed E-state index contributed by atoms with van der Waals surface area (Å²) < 4.78 is 0. The Morgan fingerprint density at radius 3 is 1.93 bits per heavy atom. The fraction of sp³-hybridized carbons (Fsp3) is 1.00. The fourth-order valence-corrected chi connectivity index (χ4v) is 2.01. The zero-order valence-corrected chi connectivity index (χ0v) is 10.2. The molecule has 2 heteroatoms. The minimum Gasteiger partial charge on any atom is -0.396 e. The lowest BCUT2D eigenvalue weighted by atomic mass is 9.86. The Morgan fingerprint density at radius 1 is 0.933 bits per heavy atom. The van der Waals surface area contributed by atoms with Gasteiger partial charge in [-0.1, -0.05) is 45.4 Å². The first kappa shape index (κ1) is 14.9. The lowest BCUT2D eigenvalue weighted by molar-refractivity contribution is 0.253. The molecule has 0 unspecified atom stereocenters. The Bertz CT molecular complexity index is 107. The van der Waals surface area contributed by atoms with Gasteiger partial charge in [-0.2, -0.15) is 0 Å². The summed E-state index contributed by atoms with van der Waals surface area (Å²) in [5, 5.41) is 16.7. The second kappa shape index (κ2) is 12.0. The minimum atomic E-state index is 0.344. The zero-order valence-electron chi connectivity index (χ0n) is 10.2. The second-order valence-electron chi connectivity index (χ2n) is 4.45. The highest BCUT2D eigenvalue weighted by Gasteiger charge is 2.11. The Morgan fingerprint density at radius 2 is 1.53 bits per heavy atom. The summed E-state index contributed by atoms with van der Waals surface area (Å²) >= 11 is 0. The summed E-state index contributed by atoms with van der Waals surface area (Å²) in [6.07, 6.45) is 11.4. The summed E-state index contributed by atoms with van der Waals surface area (Å²) in [4.78, 5) is 0. The standard InChI is InChI=1S/C9H18O.C4H10O/c10-8-4-7-9-5-2-1-3-6-9;1-2-3-4-5/h9-10H,1-8H2;5H,2-4H2,1H3. The Balaban J connectivity index is 0.000000336. The van der Waals surface area contributed by atoms with Crippen LogP contribution in [0.2, 0.25) is 0 Å². The molecule has 0 aromatic heterocycles. The average molecular weight is 216 g/mol. The van der Waals surface area contributed by atoms with Crippen molar-refractivity contribution in [2.24, 2.45) is 5.92 Å². The van der Waals surface area contributed by atoms with Gasteiger partial charge in [0.2, 0.25) is 0 Å². The van der Waals surface area contributed by atoms with Crippen LogP contribution < -0.4 is 0 Å². The molecule has 0 spiro atoms. The van der Waals surface area contributed by atoms with Crippen molar-refractivity contribution in [2.45, 2.75) is 64.7 Å². The normalized spacial score (nSPS) is 17.0. The molecule has 1 fully saturated rings. The lowest BCUT2D eigenvalue weighted by Gasteiger charge is -2.20. The van der Waals surface area contributed by atoms with Gasteiger partial charge in [0, 0.05) is 13.2 Å². The Kier molecular flexibility index (Phi) is 11.9. The van der Waals surface area contributed by atoms with Crippen molar-refractivity contribution in [1.29, 1.82) is 0 Å². The van der Waals surface area contributed by atoms with Gasteiger partial charge in [0.1, 0.15) is 0 Å². The smallest absolute Gasteiger partial charge is 0.0431 e. The molecule has 0 saturated heterocycles. The van der Waals surface area contributed by atoms with Crippen LogP contribution in [0, 0.1) is 5.92 Å². The van der Waals surface area contributed by atoms with E-state index in [1.807, 2.05) is 0 Å². The predicted molar refractivity (Wildman–Crippen MR) is 64.9 cm³/mol. The van der Waals surface area contributed by atoms with E-state index in [4.69, 9.17) is 10.2 Å². The van der Waals surface area contributed by atoms with Gasteiger partial charge in [-0.25, -0.2) is 0 Å². The molecule has 0 aliphatic heterocycles. The highest BCUT2D eigenvalue weighted by molar-refractivity contribution is 4.65. The third-order valence-corrected chi connectivity index (χ3v) is 3.01. The van der Waals surface area contributed by atoms with Crippen LogP contribution in [0.15, 0.2) is 0 Å². The summed E-state index contributed by atoms with van der Waals surface area (Å²) in [5.41, 5.74) is 0. The van der Waals surface area contributed by atoms with Gasteiger partial charge in [-0.05, 0) is 25.2 Å². The van der Waals surface area contributed by atoms with Crippen molar-refractivity contribution in [2.75, 3.05) is 13.2 Å². The number of hydrogen-bond acceptors (Lipinski definition) is 2. The quantitative estimate of drug-likeness (QED) is 0.741. The van der Waals surface area contributed by atoms with Gasteiger partial charge in [0.15, 0.2) is 0 Å². The van der Waals surface area contributed by atoms with Crippen LogP contribution in [0.3, 0.4) is 0 Å². The minimum absolute atomic E-state index is 0.344. The molecule has 0 aromatic carbocycles. The molecule has 2 N–H and O–H groups in total. The highest BCUT2D eigenvalue weighted by atomic mass is 16.3. The summed E-state index contributed by atoms with van der Waals surface area (Å²) in [6.45, 7) is 2.78. The van der Waals surface area contributed by atoms with Crippen LogP contribution >= 0.6 is 0 Å². The molecule has 0 atom stereocenters. The third kappa shape index (κ3) is 10.2. The van der Waals surface area contributed by atoms with Gasteiger partial charge in [0.05, 0.1) is 0 Å². The molecule has 2 nitrogen and oxygen atoms in total. The van der Waals surface area contributed by atoms with Crippen LogP contribution in [0.4, 0.5) is 0 Å². The topological polar surface area (TPSA) is 40.5 Å². The monoisotopic (exact) mass is 216 g/mol. The fourth-order valence-electron chi connectivity index (χ4n) is 2.01. The number of rotatable bonds is 5. The first-order valence-corrected chi connectivity index (χ1v) is 6.56. The molecule has 1 rings (SSSR count). The van der Waals surface area contributed by atoms with Crippen LogP contribution in [-0.2, 0) is 0 Å². The van der Waals surface area contributed by atoms with E-state index in [0.717, 1.165) is 25.2 Å². The predicted octanol–water partition coefficient (Wildman–Crippen LogP) is 3.12. The molecule has 0 radical (unpaired) electrons. The van der Waals surface area contributed by atoms with Crippen LogP contribution in [0.5, 0.6) is 0 Å². The van der Waals surface area contributed by atoms with Gasteiger partial charge in [0.25, 0.3) is 0 Å². The molecule has 0 heterocycles. The molecular weight excluding hydrogens is 188 g/mol. The van der Waals surface area contributed by atoms with Gasteiger partial charge < -0.3 is 10.2 Å². The van der Waals surface area contributed by atoms with E-state index < -0.39 is 0 Å². The van der Waals surface area contributed by atoms with Crippen LogP contribution in [0.1, 0.15) is 64.7 Å². The summed E-state index contributed by atoms with van der Waals surface area (Å²) in [6, 6.07) is 0. The van der Waals surface area contributed by atoms with E-state index >= 15 is 0 Å². The molecule has 0 amide bonds. The number of aliphatic hydroxyl groups excluding tert-OH is 2. The first-order chi connectivity index (χ1) is 7.35. The molecule has 1 aliphatic carbocycles. The van der Waals surface area contributed by atoms with E-state index in [2.05, 4.69) is 6.92 Å². The maximum absolute atomic E-state index is 8.60. The Labute approximate surface area is 94.7 Å². The summed E-state index contributed by atoms with van der Waals surface area (Å²) in [5.74, 6) is 0.945. The summed E-state index contributed by atoms with van der Waals surface area (Å²) in [7, 11) is 0. The molecule has 92 valence electrons. The SMILES string of the molecule is CCCCO.OCCCC1CCCCC1. The molecule has 15 heavy (non-hydrogen) atoms. The van der Waals surface area contributed by atoms with Crippen molar-refractivity contribution in [1.82, 2.24) is 0 Å². The number of aliphatic hydroxyl groups is 2. The van der Waals surface area contributed by atoms with Gasteiger partial charge >= 0.3 is 0 Å². The molecule has 0 aromatic rings. The number of unbranched alkanes of at least 4 members (excludes halogenated alkanes) is 1. The van der Waals surface area contributed by atoms with E-state index in [-0.39, 0.29) is 0 Å². The largest absolute Gasteiger partial charge is 0.396 e. The lowest BCUT2D eigenvalue weighted by Crippen LogP contribution is -2.06. The van der Waals surface area contributed by atoms with Crippen LogP contribution in [0.25, 0.3) is 0 Å². The van der Waals surface area contributed by atoms with Gasteiger partial charge in [-0.3, -0.25) is 0 Å². The van der Waals surface area contributed by atoms with Crippen molar-refractivity contribution in [3.63, 3.8) is 0 Å². The van der Waals surface area contributed by atoms with Crippen molar-refractivity contribution in [3.05, 3.63) is 0 Å². The highest BCUT2D eigenvalue weighted by Crippen LogP contribution is 2.26. The van der Waals surface area contributed by atoms with Crippen molar-refractivity contribution in [3.8, 4) is 0 Å². The molecular formula is C13H28O2. The van der Waals surface area contributed by atoms with Crippen molar-refractivity contribution < 1.29 is 10.2 Å². The van der Waals surface area contributed by atoms with E-state index in [9.17, 15) is 0 Å². The average Bonchev–Trinajstić information content (AvgIpc) is 2.30. The number of hydrogen-bond donors (Lipinski definition) is 2. The maximum Gasteiger partial charge on any atom is 0.0431 e. The molecule has 0 bridgehead atoms. The zero-order chi connectivity index (χ0) is 11.4. The van der Waals surface area contributed by atoms with Gasteiger partial charge in [-0.15, -0.1) is 0 Å². The Hall–Kier alpha value is -0.0800. The molecule has 1 aliphatic rings. The van der Waals surface area contributed by atoms with E-state index in [1.54, 1.807) is 0 Å². The molecule has 1 saturated carbocycles.